The van der Waals surface area contributed by atoms with Crippen molar-refractivity contribution in [2.45, 2.75) is 0 Å². The largest absolute Gasteiger partial charge is 0.306 e. The molecule has 96 valence electrons. The SMILES string of the molecule is O=c1[nH]c2cc(-c3ccccc3)nn2c2ccccc12. The Morgan fingerprint density at radius 3 is 2.55 bits per heavy atom. The van der Waals surface area contributed by atoms with Crippen molar-refractivity contribution in [2.75, 3.05) is 0 Å². The smallest absolute Gasteiger partial charge is 0.259 e. The number of hydrogen-bond donors (Lipinski definition) is 1. The number of nitrogens with zero attached hydrogens (tertiary/aromatic N) is 2. The van der Waals surface area contributed by atoms with Crippen molar-refractivity contribution in [1.82, 2.24) is 14.6 Å². The molecule has 0 saturated heterocycles. The van der Waals surface area contributed by atoms with E-state index in [0.717, 1.165) is 16.8 Å². The van der Waals surface area contributed by atoms with Crippen LogP contribution in [0, 0.1) is 0 Å². The molecular formula is C16H11N3O. The standard InChI is InChI=1S/C16H11N3O/c20-16-12-8-4-5-9-14(12)19-15(17-16)10-13(18-19)11-6-2-1-3-7-11/h1-10H,(H,17,20). The van der Waals surface area contributed by atoms with Crippen LogP contribution in [0.4, 0.5) is 0 Å². The maximum atomic E-state index is 12.0. The number of benzene rings is 2. The Morgan fingerprint density at radius 2 is 1.70 bits per heavy atom. The summed E-state index contributed by atoms with van der Waals surface area (Å²) in [5, 5.41) is 5.24. The van der Waals surface area contributed by atoms with Crippen molar-refractivity contribution >= 4 is 16.6 Å². The summed E-state index contributed by atoms with van der Waals surface area (Å²) in [6.07, 6.45) is 0. The summed E-state index contributed by atoms with van der Waals surface area (Å²) in [5.41, 5.74) is 3.30. The van der Waals surface area contributed by atoms with E-state index in [1.165, 1.54) is 0 Å². The van der Waals surface area contributed by atoms with Crippen LogP contribution in [0.1, 0.15) is 0 Å². The first-order valence-electron chi connectivity index (χ1n) is 6.39. The number of rotatable bonds is 1. The van der Waals surface area contributed by atoms with Crippen molar-refractivity contribution < 1.29 is 0 Å². The van der Waals surface area contributed by atoms with E-state index >= 15 is 0 Å². The van der Waals surface area contributed by atoms with Gasteiger partial charge in [0.25, 0.3) is 5.56 Å². The maximum Gasteiger partial charge on any atom is 0.259 e. The minimum Gasteiger partial charge on any atom is -0.306 e. The molecule has 0 unspecified atom stereocenters. The highest BCUT2D eigenvalue weighted by Crippen LogP contribution is 2.20. The van der Waals surface area contributed by atoms with Crippen LogP contribution in [0.5, 0.6) is 0 Å². The summed E-state index contributed by atoms with van der Waals surface area (Å²) < 4.78 is 1.78. The van der Waals surface area contributed by atoms with Gasteiger partial charge >= 0.3 is 0 Å². The molecule has 0 saturated carbocycles. The minimum absolute atomic E-state index is 0.0902. The lowest BCUT2D eigenvalue weighted by atomic mass is 10.2. The van der Waals surface area contributed by atoms with Crippen LogP contribution in [0.2, 0.25) is 0 Å². The van der Waals surface area contributed by atoms with Crippen molar-refractivity contribution in [3.05, 3.63) is 71.0 Å². The third-order valence-electron chi connectivity index (χ3n) is 3.40. The Morgan fingerprint density at radius 1 is 0.950 bits per heavy atom. The van der Waals surface area contributed by atoms with Gasteiger partial charge in [-0.05, 0) is 12.1 Å². The van der Waals surface area contributed by atoms with Crippen molar-refractivity contribution in [3.8, 4) is 11.3 Å². The molecule has 2 heterocycles. The predicted octanol–water partition coefficient (Wildman–Crippen LogP) is 2.84. The number of aromatic amines is 1. The molecule has 4 heteroatoms. The number of H-pyrrole nitrogens is 1. The number of aromatic nitrogens is 3. The molecule has 0 aliphatic carbocycles. The molecule has 4 rings (SSSR count). The van der Waals surface area contributed by atoms with E-state index in [-0.39, 0.29) is 5.56 Å². The molecule has 0 spiro atoms. The number of para-hydroxylation sites is 1. The van der Waals surface area contributed by atoms with Gasteiger partial charge in [-0.2, -0.15) is 5.10 Å². The van der Waals surface area contributed by atoms with Gasteiger partial charge in [0.2, 0.25) is 0 Å². The molecule has 0 radical (unpaired) electrons. The molecule has 20 heavy (non-hydrogen) atoms. The molecule has 0 amide bonds. The molecule has 0 bridgehead atoms. The second-order valence-corrected chi connectivity index (χ2v) is 4.66. The van der Waals surface area contributed by atoms with Gasteiger partial charge in [0, 0.05) is 11.6 Å². The van der Waals surface area contributed by atoms with Crippen molar-refractivity contribution in [2.24, 2.45) is 0 Å². The number of hydrogen-bond acceptors (Lipinski definition) is 2. The maximum absolute atomic E-state index is 12.0. The van der Waals surface area contributed by atoms with E-state index in [1.807, 2.05) is 54.6 Å². The van der Waals surface area contributed by atoms with Crippen LogP contribution < -0.4 is 5.56 Å². The average Bonchev–Trinajstić information content (AvgIpc) is 2.93. The van der Waals surface area contributed by atoms with Crippen molar-refractivity contribution in [1.29, 1.82) is 0 Å². The third-order valence-corrected chi connectivity index (χ3v) is 3.40. The highest BCUT2D eigenvalue weighted by atomic mass is 16.1. The molecule has 0 aliphatic heterocycles. The van der Waals surface area contributed by atoms with Gasteiger partial charge in [-0.25, -0.2) is 4.52 Å². The zero-order valence-electron chi connectivity index (χ0n) is 10.6. The highest BCUT2D eigenvalue weighted by molar-refractivity contribution is 5.81. The summed E-state index contributed by atoms with van der Waals surface area (Å²) >= 11 is 0. The second kappa shape index (κ2) is 4.06. The monoisotopic (exact) mass is 261 g/mol. The molecule has 2 aromatic carbocycles. The molecule has 4 nitrogen and oxygen atoms in total. The molecule has 4 aromatic rings. The molecule has 0 aliphatic rings. The van der Waals surface area contributed by atoms with Crippen molar-refractivity contribution in [3.63, 3.8) is 0 Å². The second-order valence-electron chi connectivity index (χ2n) is 4.66. The summed E-state index contributed by atoms with van der Waals surface area (Å²) in [6.45, 7) is 0. The van der Waals surface area contributed by atoms with Crippen LogP contribution >= 0.6 is 0 Å². The zero-order chi connectivity index (χ0) is 13.5. The van der Waals surface area contributed by atoms with Gasteiger partial charge < -0.3 is 4.98 Å². The van der Waals surface area contributed by atoms with Gasteiger partial charge in [-0.15, -0.1) is 0 Å². The van der Waals surface area contributed by atoms with Gasteiger partial charge in [0.15, 0.2) is 0 Å². The van der Waals surface area contributed by atoms with Crippen LogP contribution in [-0.2, 0) is 0 Å². The lowest BCUT2D eigenvalue weighted by Crippen LogP contribution is -2.09. The average molecular weight is 261 g/mol. The molecule has 0 fully saturated rings. The summed E-state index contributed by atoms with van der Waals surface area (Å²) in [6, 6.07) is 19.3. The topological polar surface area (TPSA) is 50.2 Å². The fourth-order valence-corrected chi connectivity index (χ4v) is 2.44. The van der Waals surface area contributed by atoms with Gasteiger partial charge in [0.1, 0.15) is 5.65 Å². The van der Waals surface area contributed by atoms with Gasteiger partial charge in [0.05, 0.1) is 16.6 Å². The van der Waals surface area contributed by atoms with Crippen LogP contribution in [-0.4, -0.2) is 14.6 Å². The Balaban J connectivity index is 2.10. The Labute approximate surface area is 114 Å². The highest BCUT2D eigenvalue weighted by Gasteiger charge is 2.08. The normalized spacial score (nSPS) is 11.2. The van der Waals surface area contributed by atoms with Gasteiger partial charge in [-0.1, -0.05) is 42.5 Å². The lowest BCUT2D eigenvalue weighted by molar-refractivity contribution is 0.981. The fourth-order valence-electron chi connectivity index (χ4n) is 2.44. The zero-order valence-corrected chi connectivity index (χ0v) is 10.6. The molecular weight excluding hydrogens is 250 g/mol. The van der Waals surface area contributed by atoms with Crippen LogP contribution in [0.15, 0.2) is 65.5 Å². The van der Waals surface area contributed by atoms with E-state index in [4.69, 9.17) is 0 Å². The first kappa shape index (κ1) is 11.0. The van der Waals surface area contributed by atoms with E-state index in [1.54, 1.807) is 10.6 Å². The van der Waals surface area contributed by atoms with Crippen LogP contribution in [0.25, 0.3) is 27.8 Å². The Hall–Kier alpha value is -2.88. The third kappa shape index (κ3) is 1.55. The van der Waals surface area contributed by atoms with E-state index in [2.05, 4.69) is 10.1 Å². The first-order valence-corrected chi connectivity index (χ1v) is 6.39. The van der Waals surface area contributed by atoms with E-state index in [9.17, 15) is 4.79 Å². The molecule has 2 aromatic heterocycles. The molecule has 0 atom stereocenters. The van der Waals surface area contributed by atoms with Crippen LogP contribution in [0.3, 0.4) is 0 Å². The predicted molar refractivity (Wildman–Crippen MR) is 78.8 cm³/mol. The lowest BCUT2D eigenvalue weighted by Gasteiger charge is -1.99. The van der Waals surface area contributed by atoms with Gasteiger partial charge in [-0.3, -0.25) is 4.79 Å². The van der Waals surface area contributed by atoms with E-state index < -0.39 is 0 Å². The minimum atomic E-state index is -0.0902. The number of fused-ring (bicyclic) bond motifs is 3. The summed E-state index contributed by atoms with van der Waals surface area (Å²) in [7, 11) is 0. The van der Waals surface area contributed by atoms with E-state index in [0.29, 0.717) is 11.0 Å². The number of nitrogens with one attached hydrogen (secondary N) is 1. The summed E-state index contributed by atoms with van der Waals surface area (Å²) in [5.74, 6) is 0. The quantitative estimate of drug-likeness (QED) is 0.573. The molecule has 1 N–H and O–H groups in total. The first-order chi connectivity index (χ1) is 9.83. The Kier molecular flexibility index (Phi) is 2.23. The Bertz CT molecular complexity index is 967. The summed E-state index contributed by atoms with van der Waals surface area (Å²) in [4.78, 5) is 14.9. The fraction of sp³-hybridized carbons (Fsp3) is 0.